The van der Waals surface area contributed by atoms with E-state index in [1.165, 1.54) is 6.07 Å². The molecule has 1 heterocycles. The summed E-state index contributed by atoms with van der Waals surface area (Å²) >= 11 is 6.02. The van der Waals surface area contributed by atoms with E-state index in [0.717, 1.165) is 6.07 Å². The molecule has 0 aliphatic rings. The van der Waals surface area contributed by atoms with E-state index in [2.05, 4.69) is 4.98 Å². The van der Waals surface area contributed by atoms with Crippen LogP contribution in [0.5, 0.6) is 0 Å². The van der Waals surface area contributed by atoms with Crippen molar-refractivity contribution in [2.45, 2.75) is 6.18 Å². The van der Waals surface area contributed by atoms with Crippen LogP contribution >= 0.6 is 11.6 Å². The van der Waals surface area contributed by atoms with Crippen LogP contribution in [0.15, 0.2) is 54.6 Å². The largest absolute Gasteiger partial charge is 0.418 e. The number of rotatable bonds is 1. The Morgan fingerprint density at radius 2 is 1.57 bits per heavy atom. The zero-order valence-electron chi connectivity index (χ0n) is 10.7. The number of alkyl halides is 3. The Labute approximate surface area is 124 Å². The first-order valence-corrected chi connectivity index (χ1v) is 6.56. The first-order valence-electron chi connectivity index (χ1n) is 6.19. The molecule has 0 atom stereocenters. The zero-order valence-corrected chi connectivity index (χ0v) is 11.4. The Morgan fingerprint density at radius 1 is 0.905 bits per heavy atom. The summed E-state index contributed by atoms with van der Waals surface area (Å²) in [5, 5.41) is 0.686. The predicted octanol–water partition coefficient (Wildman–Crippen LogP) is 5.57. The van der Waals surface area contributed by atoms with Crippen molar-refractivity contribution >= 4 is 22.5 Å². The van der Waals surface area contributed by atoms with Crippen molar-refractivity contribution < 1.29 is 13.2 Å². The molecule has 0 amide bonds. The predicted molar refractivity (Wildman–Crippen MR) is 77.2 cm³/mol. The second-order valence-electron chi connectivity index (χ2n) is 4.55. The molecule has 0 aliphatic carbocycles. The smallest absolute Gasteiger partial charge is 0.247 e. The van der Waals surface area contributed by atoms with Crippen LogP contribution in [0, 0.1) is 0 Å². The maximum absolute atomic E-state index is 13.3. The topological polar surface area (TPSA) is 12.9 Å². The molecule has 3 rings (SSSR count). The standard InChI is InChI=1S/C16H9ClF3N/c17-13-7-3-2-6-11(13)15-12(16(18,19)20)9-10-5-1-4-8-14(10)21-15/h1-9H. The van der Waals surface area contributed by atoms with E-state index in [1.54, 1.807) is 42.5 Å². The average Bonchev–Trinajstić information content (AvgIpc) is 2.45. The summed E-state index contributed by atoms with van der Waals surface area (Å²) < 4.78 is 39.9. The fraction of sp³-hybridized carbons (Fsp3) is 0.0625. The highest BCUT2D eigenvalue weighted by atomic mass is 35.5. The number of benzene rings is 2. The molecule has 1 nitrogen and oxygen atoms in total. The van der Waals surface area contributed by atoms with E-state index in [1.807, 2.05) is 0 Å². The van der Waals surface area contributed by atoms with Gasteiger partial charge in [0.15, 0.2) is 0 Å². The van der Waals surface area contributed by atoms with Crippen molar-refractivity contribution in [3.63, 3.8) is 0 Å². The summed E-state index contributed by atoms with van der Waals surface area (Å²) in [5.74, 6) is 0. The van der Waals surface area contributed by atoms with Gasteiger partial charge in [0.1, 0.15) is 0 Å². The molecule has 0 fully saturated rings. The Hall–Kier alpha value is -2.07. The van der Waals surface area contributed by atoms with Gasteiger partial charge in [-0.25, -0.2) is 4.98 Å². The van der Waals surface area contributed by atoms with Crippen LogP contribution in [0.1, 0.15) is 5.56 Å². The molecule has 0 aliphatic heterocycles. The number of aromatic nitrogens is 1. The van der Waals surface area contributed by atoms with Gasteiger partial charge in [-0.3, -0.25) is 0 Å². The van der Waals surface area contributed by atoms with E-state index in [-0.39, 0.29) is 16.3 Å². The average molecular weight is 308 g/mol. The van der Waals surface area contributed by atoms with Crippen molar-refractivity contribution in [3.05, 3.63) is 65.2 Å². The molecule has 0 saturated carbocycles. The molecule has 0 unspecified atom stereocenters. The third-order valence-corrected chi connectivity index (χ3v) is 3.49. The van der Waals surface area contributed by atoms with Crippen molar-refractivity contribution in [2.24, 2.45) is 0 Å². The molecule has 3 aromatic rings. The molecule has 0 N–H and O–H groups in total. The van der Waals surface area contributed by atoms with Crippen LogP contribution in [0.3, 0.4) is 0 Å². The number of para-hydroxylation sites is 1. The third-order valence-electron chi connectivity index (χ3n) is 3.16. The van der Waals surface area contributed by atoms with E-state index < -0.39 is 11.7 Å². The van der Waals surface area contributed by atoms with Crippen molar-refractivity contribution in [3.8, 4) is 11.3 Å². The minimum absolute atomic E-state index is 0.146. The first kappa shape index (κ1) is 13.9. The summed E-state index contributed by atoms with van der Waals surface area (Å²) in [6.45, 7) is 0. The molecule has 0 bridgehead atoms. The fourth-order valence-electron chi connectivity index (χ4n) is 2.19. The van der Waals surface area contributed by atoms with Gasteiger partial charge in [0.25, 0.3) is 0 Å². The van der Waals surface area contributed by atoms with Gasteiger partial charge in [-0.15, -0.1) is 0 Å². The lowest BCUT2D eigenvalue weighted by molar-refractivity contribution is -0.137. The monoisotopic (exact) mass is 307 g/mol. The number of hydrogen-bond acceptors (Lipinski definition) is 1. The molecule has 0 saturated heterocycles. The van der Waals surface area contributed by atoms with Gasteiger partial charge in [0.05, 0.1) is 16.8 Å². The molecule has 106 valence electrons. The second-order valence-corrected chi connectivity index (χ2v) is 4.96. The first-order chi connectivity index (χ1) is 9.97. The molecular weight excluding hydrogens is 299 g/mol. The Balaban J connectivity index is 2.37. The number of fused-ring (bicyclic) bond motifs is 1. The number of hydrogen-bond donors (Lipinski definition) is 0. The lowest BCUT2D eigenvalue weighted by Crippen LogP contribution is -2.09. The van der Waals surface area contributed by atoms with E-state index in [4.69, 9.17) is 11.6 Å². The second kappa shape index (κ2) is 5.04. The van der Waals surface area contributed by atoms with Gasteiger partial charge in [-0.05, 0) is 18.2 Å². The minimum atomic E-state index is -4.49. The molecular formula is C16H9ClF3N. The van der Waals surface area contributed by atoms with Crippen LogP contribution < -0.4 is 0 Å². The summed E-state index contributed by atoms with van der Waals surface area (Å²) in [5.41, 5.74) is -0.154. The number of nitrogens with zero attached hydrogens (tertiary/aromatic N) is 1. The van der Waals surface area contributed by atoms with Gasteiger partial charge in [0, 0.05) is 16.0 Å². The molecule has 2 aromatic carbocycles. The van der Waals surface area contributed by atoms with Gasteiger partial charge in [-0.1, -0.05) is 48.0 Å². The molecule has 21 heavy (non-hydrogen) atoms. The summed E-state index contributed by atoms with van der Waals surface area (Å²) in [6.07, 6.45) is -4.49. The molecule has 0 spiro atoms. The summed E-state index contributed by atoms with van der Waals surface area (Å²) in [6, 6.07) is 14.2. The highest BCUT2D eigenvalue weighted by Crippen LogP contribution is 2.39. The highest BCUT2D eigenvalue weighted by Gasteiger charge is 2.35. The quantitative estimate of drug-likeness (QED) is 0.572. The Morgan fingerprint density at radius 3 is 2.29 bits per heavy atom. The van der Waals surface area contributed by atoms with Gasteiger partial charge >= 0.3 is 6.18 Å². The van der Waals surface area contributed by atoms with Gasteiger partial charge in [0.2, 0.25) is 0 Å². The van der Waals surface area contributed by atoms with Crippen LogP contribution in [0.4, 0.5) is 13.2 Å². The van der Waals surface area contributed by atoms with E-state index in [9.17, 15) is 13.2 Å². The minimum Gasteiger partial charge on any atom is -0.247 e. The SMILES string of the molecule is FC(F)(F)c1cc2ccccc2nc1-c1ccccc1Cl. The van der Waals surface area contributed by atoms with Crippen molar-refractivity contribution in [1.82, 2.24) is 4.98 Å². The fourth-order valence-corrected chi connectivity index (χ4v) is 2.42. The van der Waals surface area contributed by atoms with Crippen LogP contribution in [0.2, 0.25) is 5.02 Å². The number of halogens is 4. The normalized spacial score (nSPS) is 11.8. The van der Waals surface area contributed by atoms with Crippen molar-refractivity contribution in [2.75, 3.05) is 0 Å². The Kier molecular flexibility index (Phi) is 3.33. The maximum Gasteiger partial charge on any atom is 0.418 e. The van der Waals surface area contributed by atoms with Gasteiger partial charge < -0.3 is 0 Å². The Bertz CT molecular complexity index is 812. The van der Waals surface area contributed by atoms with Crippen LogP contribution in [-0.4, -0.2) is 4.98 Å². The lowest BCUT2D eigenvalue weighted by atomic mass is 10.0. The lowest BCUT2D eigenvalue weighted by Gasteiger charge is -2.14. The summed E-state index contributed by atoms with van der Waals surface area (Å²) in [4.78, 5) is 4.17. The molecule has 5 heteroatoms. The van der Waals surface area contributed by atoms with E-state index in [0.29, 0.717) is 10.9 Å². The van der Waals surface area contributed by atoms with Crippen molar-refractivity contribution in [1.29, 1.82) is 0 Å². The maximum atomic E-state index is 13.3. The highest BCUT2D eigenvalue weighted by molar-refractivity contribution is 6.33. The molecule has 1 aromatic heterocycles. The van der Waals surface area contributed by atoms with Gasteiger partial charge in [-0.2, -0.15) is 13.2 Å². The number of pyridine rings is 1. The van der Waals surface area contributed by atoms with Crippen LogP contribution in [-0.2, 0) is 6.18 Å². The third kappa shape index (κ3) is 2.59. The summed E-state index contributed by atoms with van der Waals surface area (Å²) in [7, 11) is 0. The molecule has 0 radical (unpaired) electrons. The van der Waals surface area contributed by atoms with Crippen LogP contribution in [0.25, 0.3) is 22.2 Å². The zero-order chi connectivity index (χ0) is 15.0. The van der Waals surface area contributed by atoms with E-state index >= 15 is 0 Å².